The van der Waals surface area contributed by atoms with Crippen molar-refractivity contribution in [3.63, 3.8) is 0 Å². The number of hydrogen-bond acceptors (Lipinski definition) is 5. The van der Waals surface area contributed by atoms with Crippen molar-refractivity contribution in [3.05, 3.63) is 63.7 Å². The molecule has 0 radical (unpaired) electrons. The Labute approximate surface area is 144 Å². The van der Waals surface area contributed by atoms with E-state index in [9.17, 15) is 20.0 Å². The topological polar surface area (TPSA) is 92.9 Å². The van der Waals surface area contributed by atoms with Gasteiger partial charge in [0.2, 0.25) is 5.75 Å². The van der Waals surface area contributed by atoms with Gasteiger partial charge >= 0.3 is 5.69 Å². The first kappa shape index (κ1) is 16.8. The van der Waals surface area contributed by atoms with Crippen LogP contribution in [0.25, 0.3) is 0 Å². The van der Waals surface area contributed by atoms with E-state index in [0.717, 1.165) is 18.4 Å². The highest BCUT2D eigenvalue weighted by Crippen LogP contribution is 2.37. The molecule has 0 bridgehead atoms. The zero-order chi connectivity index (χ0) is 18.0. The van der Waals surface area contributed by atoms with Gasteiger partial charge in [0.25, 0.3) is 5.91 Å². The molecule has 130 valence electrons. The first-order valence-electron chi connectivity index (χ1n) is 7.94. The summed E-state index contributed by atoms with van der Waals surface area (Å²) in [5.41, 5.74) is 0.419. The summed E-state index contributed by atoms with van der Waals surface area (Å²) in [5, 5.41) is 21.1. The number of carbonyl (C=O) groups excluding carboxylic acids is 1. The monoisotopic (exact) mass is 342 g/mol. The van der Waals surface area contributed by atoms with Crippen molar-refractivity contribution in [2.75, 3.05) is 13.7 Å². The third-order valence-electron chi connectivity index (χ3n) is 4.43. The zero-order valence-electron chi connectivity index (χ0n) is 13.7. The SMILES string of the molecule is COc1cccc(C2CCCN2C(=O)c2cccc([N+](=O)[O-])c2O)c1. The Hall–Kier alpha value is -3.09. The van der Waals surface area contributed by atoms with E-state index in [1.165, 1.54) is 18.2 Å². The van der Waals surface area contributed by atoms with Gasteiger partial charge in [-0.1, -0.05) is 18.2 Å². The molecule has 2 aromatic rings. The van der Waals surface area contributed by atoms with Crippen LogP contribution >= 0.6 is 0 Å². The Balaban J connectivity index is 1.94. The lowest BCUT2D eigenvalue weighted by molar-refractivity contribution is -0.385. The van der Waals surface area contributed by atoms with Crippen LogP contribution in [-0.2, 0) is 0 Å². The number of nitro benzene ring substituents is 1. The number of ether oxygens (including phenoxy) is 1. The summed E-state index contributed by atoms with van der Waals surface area (Å²) in [5.74, 6) is -0.296. The number of nitrogens with zero attached hydrogens (tertiary/aromatic N) is 2. The summed E-state index contributed by atoms with van der Waals surface area (Å²) in [6, 6.07) is 11.3. The fourth-order valence-electron chi connectivity index (χ4n) is 3.21. The lowest BCUT2D eigenvalue weighted by Crippen LogP contribution is -2.30. The van der Waals surface area contributed by atoms with Crippen LogP contribution in [0.15, 0.2) is 42.5 Å². The summed E-state index contributed by atoms with van der Waals surface area (Å²) in [4.78, 5) is 24.8. The minimum atomic E-state index is -0.699. The number of hydrogen-bond donors (Lipinski definition) is 1. The number of phenols is 1. The van der Waals surface area contributed by atoms with Crippen LogP contribution in [0.1, 0.15) is 34.8 Å². The van der Waals surface area contributed by atoms with Gasteiger partial charge in [0, 0.05) is 12.6 Å². The number of amides is 1. The fraction of sp³-hybridized carbons (Fsp3) is 0.278. The molecule has 0 aromatic heterocycles. The second kappa shape index (κ2) is 6.80. The maximum Gasteiger partial charge on any atom is 0.311 e. The predicted molar refractivity (Wildman–Crippen MR) is 90.8 cm³/mol. The second-order valence-corrected chi connectivity index (χ2v) is 5.86. The normalized spacial score (nSPS) is 16.7. The molecule has 0 aliphatic carbocycles. The molecule has 2 aromatic carbocycles. The molecule has 1 fully saturated rings. The molecule has 0 spiro atoms. The van der Waals surface area contributed by atoms with E-state index in [4.69, 9.17) is 4.74 Å². The summed E-state index contributed by atoms with van der Waals surface area (Å²) < 4.78 is 5.24. The number of phenolic OH excluding ortho intramolecular Hbond substituents is 1. The van der Waals surface area contributed by atoms with Crippen LogP contribution < -0.4 is 4.74 Å². The Kier molecular flexibility index (Phi) is 4.56. The zero-order valence-corrected chi connectivity index (χ0v) is 13.7. The number of para-hydroxylation sites is 1. The van der Waals surface area contributed by atoms with Gasteiger partial charge in [0.15, 0.2) is 0 Å². The minimum absolute atomic E-state index is 0.0519. The molecule has 7 nitrogen and oxygen atoms in total. The lowest BCUT2D eigenvalue weighted by Gasteiger charge is -2.25. The summed E-state index contributed by atoms with van der Waals surface area (Å²) in [6.45, 7) is 0.531. The van der Waals surface area contributed by atoms with Crippen LogP contribution in [0.2, 0.25) is 0 Å². The molecule has 1 atom stereocenters. The van der Waals surface area contributed by atoms with Gasteiger partial charge in [-0.25, -0.2) is 0 Å². The van der Waals surface area contributed by atoms with E-state index >= 15 is 0 Å². The molecule has 1 heterocycles. The summed E-state index contributed by atoms with van der Waals surface area (Å²) in [6.07, 6.45) is 1.61. The smallest absolute Gasteiger partial charge is 0.311 e. The third kappa shape index (κ3) is 3.13. The molecule has 7 heteroatoms. The highest BCUT2D eigenvalue weighted by molar-refractivity contribution is 5.98. The van der Waals surface area contributed by atoms with Crippen molar-refractivity contribution < 1.29 is 19.6 Å². The quantitative estimate of drug-likeness (QED) is 0.680. The number of rotatable bonds is 4. The molecular formula is C18H18N2O5. The first-order chi connectivity index (χ1) is 12.0. The van der Waals surface area contributed by atoms with Crippen molar-refractivity contribution in [1.82, 2.24) is 4.90 Å². The predicted octanol–water partition coefficient (Wildman–Crippen LogP) is 3.29. The highest BCUT2D eigenvalue weighted by atomic mass is 16.6. The maximum atomic E-state index is 12.9. The van der Waals surface area contributed by atoms with Gasteiger partial charge < -0.3 is 14.7 Å². The molecule has 25 heavy (non-hydrogen) atoms. The number of methoxy groups -OCH3 is 1. The average molecular weight is 342 g/mol. The molecule has 1 N–H and O–H groups in total. The van der Waals surface area contributed by atoms with Gasteiger partial charge in [-0.05, 0) is 36.6 Å². The van der Waals surface area contributed by atoms with Gasteiger partial charge in [-0.3, -0.25) is 14.9 Å². The van der Waals surface area contributed by atoms with E-state index in [-0.39, 0.29) is 11.6 Å². The number of carbonyl (C=O) groups is 1. The molecule has 3 rings (SSSR count). The van der Waals surface area contributed by atoms with E-state index < -0.39 is 22.3 Å². The maximum absolute atomic E-state index is 12.9. The Bertz CT molecular complexity index is 821. The Morgan fingerprint density at radius 1 is 1.32 bits per heavy atom. The fourth-order valence-corrected chi connectivity index (χ4v) is 3.21. The molecule has 0 saturated carbocycles. The number of benzene rings is 2. The molecule has 1 aliphatic heterocycles. The van der Waals surface area contributed by atoms with Crippen LogP contribution in [0.5, 0.6) is 11.5 Å². The van der Waals surface area contributed by atoms with Crippen LogP contribution in [-0.4, -0.2) is 34.5 Å². The number of likely N-dealkylation sites (tertiary alicyclic amines) is 1. The number of aromatic hydroxyl groups is 1. The van der Waals surface area contributed by atoms with Gasteiger partial charge in [-0.2, -0.15) is 0 Å². The highest BCUT2D eigenvalue weighted by Gasteiger charge is 2.33. The molecule has 1 unspecified atom stereocenters. The molecule has 1 amide bonds. The van der Waals surface area contributed by atoms with Gasteiger partial charge in [-0.15, -0.1) is 0 Å². The van der Waals surface area contributed by atoms with E-state index in [2.05, 4.69) is 0 Å². The Morgan fingerprint density at radius 3 is 2.80 bits per heavy atom. The molecule has 1 aliphatic rings. The van der Waals surface area contributed by atoms with E-state index in [1.807, 2.05) is 24.3 Å². The summed E-state index contributed by atoms with van der Waals surface area (Å²) >= 11 is 0. The van der Waals surface area contributed by atoms with Gasteiger partial charge in [0.05, 0.1) is 23.6 Å². The lowest BCUT2D eigenvalue weighted by atomic mass is 10.0. The van der Waals surface area contributed by atoms with Gasteiger partial charge in [0.1, 0.15) is 5.75 Å². The van der Waals surface area contributed by atoms with Crippen molar-refractivity contribution >= 4 is 11.6 Å². The molecule has 1 saturated heterocycles. The Morgan fingerprint density at radius 2 is 2.08 bits per heavy atom. The second-order valence-electron chi connectivity index (χ2n) is 5.86. The number of nitro groups is 1. The van der Waals surface area contributed by atoms with Crippen LogP contribution in [0.4, 0.5) is 5.69 Å². The summed E-state index contributed by atoms with van der Waals surface area (Å²) in [7, 11) is 1.58. The van der Waals surface area contributed by atoms with Crippen LogP contribution in [0, 0.1) is 10.1 Å². The molecular weight excluding hydrogens is 324 g/mol. The third-order valence-corrected chi connectivity index (χ3v) is 4.43. The van der Waals surface area contributed by atoms with Crippen LogP contribution in [0.3, 0.4) is 0 Å². The van der Waals surface area contributed by atoms with Crippen molar-refractivity contribution in [2.45, 2.75) is 18.9 Å². The van der Waals surface area contributed by atoms with Crippen molar-refractivity contribution in [3.8, 4) is 11.5 Å². The first-order valence-corrected chi connectivity index (χ1v) is 7.94. The average Bonchev–Trinajstić information content (AvgIpc) is 3.11. The van der Waals surface area contributed by atoms with E-state index in [1.54, 1.807) is 12.0 Å². The van der Waals surface area contributed by atoms with E-state index in [0.29, 0.717) is 12.3 Å². The van der Waals surface area contributed by atoms with Crippen molar-refractivity contribution in [1.29, 1.82) is 0 Å². The van der Waals surface area contributed by atoms with Crippen molar-refractivity contribution in [2.24, 2.45) is 0 Å². The minimum Gasteiger partial charge on any atom is -0.502 e. The standard InChI is InChI=1S/C18H18N2O5/c1-25-13-6-2-5-12(11-13)15-9-4-10-19(15)18(22)14-7-3-8-16(17(14)21)20(23)24/h2-3,5-8,11,15,21H,4,9-10H2,1H3. The largest absolute Gasteiger partial charge is 0.502 e.